The summed E-state index contributed by atoms with van der Waals surface area (Å²) in [6.45, 7) is 2.88. The van der Waals surface area contributed by atoms with Crippen molar-refractivity contribution in [2.75, 3.05) is 39.6 Å². The zero-order chi connectivity index (χ0) is 13.7. The topological polar surface area (TPSA) is 21.7 Å². The lowest BCUT2D eigenvalue weighted by Gasteiger charge is -2.22. The van der Waals surface area contributed by atoms with Gasteiger partial charge < -0.3 is 9.47 Å². The Morgan fingerprint density at radius 2 is 1.74 bits per heavy atom. The SMILES string of the molecule is COC1CN(CC(CS)c2ccccc2)CC1OC. The van der Waals surface area contributed by atoms with Crippen molar-refractivity contribution in [1.82, 2.24) is 4.90 Å². The Morgan fingerprint density at radius 1 is 1.16 bits per heavy atom. The fourth-order valence-corrected chi connectivity index (χ4v) is 3.05. The predicted molar refractivity (Wildman–Crippen MR) is 81.1 cm³/mol. The Labute approximate surface area is 121 Å². The molecule has 3 atom stereocenters. The van der Waals surface area contributed by atoms with Gasteiger partial charge in [-0.3, -0.25) is 4.90 Å². The third kappa shape index (κ3) is 3.72. The molecule has 0 N–H and O–H groups in total. The smallest absolute Gasteiger partial charge is 0.0971 e. The van der Waals surface area contributed by atoms with E-state index in [2.05, 4.69) is 47.9 Å². The summed E-state index contributed by atoms with van der Waals surface area (Å²) < 4.78 is 11.0. The molecule has 0 aromatic heterocycles. The van der Waals surface area contributed by atoms with Gasteiger partial charge in [-0.05, 0) is 11.3 Å². The van der Waals surface area contributed by atoms with Gasteiger partial charge in [-0.25, -0.2) is 0 Å². The molecule has 0 aliphatic carbocycles. The highest BCUT2D eigenvalue weighted by atomic mass is 32.1. The third-order valence-corrected chi connectivity index (χ3v) is 4.31. The Kier molecular flexibility index (Phi) is 5.70. The van der Waals surface area contributed by atoms with E-state index in [0.717, 1.165) is 25.4 Å². The number of methoxy groups -OCH3 is 2. The van der Waals surface area contributed by atoms with Crippen LogP contribution >= 0.6 is 12.6 Å². The van der Waals surface area contributed by atoms with Gasteiger partial charge in [-0.1, -0.05) is 30.3 Å². The Hall–Kier alpha value is -0.550. The Bertz CT molecular complexity index is 362. The minimum atomic E-state index is 0.182. The molecule has 106 valence electrons. The minimum absolute atomic E-state index is 0.182. The van der Waals surface area contributed by atoms with Crippen molar-refractivity contribution in [2.45, 2.75) is 18.1 Å². The van der Waals surface area contributed by atoms with E-state index in [4.69, 9.17) is 9.47 Å². The maximum Gasteiger partial charge on any atom is 0.0971 e. The summed E-state index contributed by atoms with van der Waals surface area (Å²) in [6, 6.07) is 10.6. The van der Waals surface area contributed by atoms with Crippen molar-refractivity contribution in [3.8, 4) is 0 Å². The van der Waals surface area contributed by atoms with Crippen LogP contribution in [0, 0.1) is 0 Å². The van der Waals surface area contributed by atoms with Gasteiger partial charge >= 0.3 is 0 Å². The van der Waals surface area contributed by atoms with E-state index in [1.54, 1.807) is 14.2 Å². The molecule has 19 heavy (non-hydrogen) atoms. The van der Waals surface area contributed by atoms with Crippen LogP contribution in [0.3, 0.4) is 0 Å². The second-order valence-electron chi connectivity index (χ2n) is 5.06. The molecular formula is C15H23NO2S. The highest BCUT2D eigenvalue weighted by molar-refractivity contribution is 7.80. The van der Waals surface area contributed by atoms with E-state index in [1.807, 2.05) is 0 Å². The largest absolute Gasteiger partial charge is 0.377 e. The lowest BCUT2D eigenvalue weighted by molar-refractivity contribution is -0.00461. The van der Waals surface area contributed by atoms with E-state index in [1.165, 1.54) is 5.56 Å². The van der Waals surface area contributed by atoms with Crippen LogP contribution in [0.5, 0.6) is 0 Å². The summed E-state index contributed by atoms with van der Waals surface area (Å²) >= 11 is 4.50. The number of likely N-dealkylation sites (tertiary alicyclic amines) is 1. The van der Waals surface area contributed by atoms with Crippen molar-refractivity contribution >= 4 is 12.6 Å². The lowest BCUT2D eigenvalue weighted by atomic mass is 10.0. The number of hydrogen-bond acceptors (Lipinski definition) is 4. The minimum Gasteiger partial charge on any atom is -0.377 e. The first-order valence-corrected chi connectivity index (χ1v) is 7.35. The molecule has 4 heteroatoms. The number of benzene rings is 1. The molecule has 0 bridgehead atoms. The highest BCUT2D eigenvalue weighted by Crippen LogP contribution is 2.22. The fourth-order valence-electron chi connectivity index (χ4n) is 2.73. The summed E-state index contributed by atoms with van der Waals surface area (Å²) in [5.74, 6) is 1.31. The predicted octanol–water partition coefficient (Wildman–Crippen LogP) is 2.05. The van der Waals surface area contributed by atoms with Crippen LogP contribution in [-0.2, 0) is 9.47 Å². The van der Waals surface area contributed by atoms with Crippen molar-refractivity contribution < 1.29 is 9.47 Å². The van der Waals surface area contributed by atoms with E-state index in [9.17, 15) is 0 Å². The van der Waals surface area contributed by atoms with Gasteiger partial charge in [0.15, 0.2) is 0 Å². The molecule has 1 aromatic rings. The molecular weight excluding hydrogens is 258 g/mol. The number of thiol groups is 1. The zero-order valence-corrected chi connectivity index (χ0v) is 12.6. The fraction of sp³-hybridized carbons (Fsp3) is 0.600. The summed E-state index contributed by atoms with van der Waals surface area (Å²) in [4.78, 5) is 2.41. The van der Waals surface area contributed by atoms with Gasteiger partial charge in [-0.15, -0.1) is 0 Å². The van der Waals surface area contributed by atoms with Crippen LogP contribution in [0.4, 0.5) is 0 Å². The average Bonchev–Trinajstić information content (AvgIpc) is 2.87. The lowest BCUT2D eigenvalue weighted by Crippen LogP contribution is -2.28. The van der Waals surface area contributed by atoms with Crippen molar-refractivity contribution in [3.63, 3.8) is 0 Å². The molecule has 0 radical (unpaired) electrons. The van der Waals surface area contributed by atoms with Gasteiger partial charge in [0.05, 0.1) is 12.2 Å². The second-order valence-corrected chi connectivity index (χ2v) is 5.42. The molecule has 2 rings (SSSR count). The van der Waals surface area contributed by atoms with Crippen LogP contribution in [-0.4, -0.2) is 56.7 Å². The number of rotatable bonds is 6. The molecule has 1 aliphatic rings. The molecule has 1 aliphatic heterocycles. The maximum atomic E-state index is 5.48. The number of hydrogen-bond donors (Lipinski definition) is 1. The summed E-state index contributed by atoms with van der Waals surface area (Å²) in [7, 11) is 3.51. The quantitative estimate of drug-likeness (QED) is 0.807. The molecule has 0 saturated carbocycles. The van der Waals surface area contributed by atoms with Crippen LogP contribution in [0.25, 0.3) is 0 Å². The summed E-state index contributed by atoms with van der Waals surface area (Å²) in [5, 5.41) is 0. The summed E-state index contributed by atoms with van der Waals surface area (Å²) in [5.41, 5.74) is 1.35. The first kappa shape index (κ1) is 14.9. The van der Waals surface area contributed by atoms with Crippen LogP contribution in [0.2, 0.25) is 0 Å². The van der Waals surface area contributed by atoms with Crippen molar-refractivity contribution in [3.05, 3.63) is 35.9 Å². The molecule has 1 heterocycles. The van der Waals surface area contributed by atoms with E-state index in [0.29, 0.717) is 5.92 Å². The van der Waals surface area contributed by atoms with Crippen molar-refractivity contribution in [2.24, 2.45) is 0 Å². The first-order valence-electron chi connectivity index (χ1n) is 6.72. The second kappa shape index (κ2) is 7.29. The number of ether oxygens (including phenoxy) is 2. The third-order valence-electron chi connectivity index (χ3n) is 3.87. The molecule has 3 nitrogen and oxygen atoms in total. The Balaban J connectivity index is 1.97. The van der Waals surface area contributed by atoms with Gasteiger partial charge in [0.1, 0.15) is 0 Å². The normalized spacial score (nSPS) is 25.6. The molecule has 1 fully saturated rings. The summed E-state index contributed by atoms with van der Waals surface area (Å²) in [6.07, 6.45) is 0.364. The van der Waals surface area contributed by atoms with Crippen LogP contribution < -0.4 is 0 Å². The highest BCUT2D eigenvalue weighted by Gasteiger charge is 2.33. The molecule has 3 unspecified atom stereocenters. The molecule has 1 saturated heterocycles. The zero-order valence-electron chi connectivity index (χ0n) is 11.7. The van der Waals surface area contributed by atoms with Crippen molar-refractivity contribution in [1.29, 1.82) is 0 Å². The van der Waals surface area contributed by atoms with Gasteiger partial charge in [-0.2, -0.15) is 12.6 Å². The average molecular weight is 281 g/mol. The molecule has 1 aromatic carbocycles. The monoisotopic (exact) mass is 281 g/mol. The van der Waals surface area contributed by atoms with Gasteiger partial charge in [0.2, 0.25) is 0 Å². The van der Waals surface area contributed by atoms with E-state index in [-0.39, 0.29) is 12.2 Å². The standard InChI is InChI=1S/C15H23NO2S/c1-17-14-9-16(10-15(14)18-2)8-13(11-19)12-6-4-3-5-7-12/h3-7,13-15,19H,8-11H2,1-2H3. The maximum absolute atomic E-state index is 5.48. The van der Waals surface area contributed by atoms with E-state index >= 15 is 0 Å². The first-order chi connectivity index (χ1) is 9.28. The van der Waals surface area contributed by atoms with Crippen LogP contribution in [0.1, 0.15) is 11.5 Å². The Morgan fingerprint density at radius 3 is 2.21 bits per heavy atom. The van der Waals surface area contributed by atoms with Gasteiger partial charge in [0.25, 0.3) is 0 Å². The number of nitrogens with zero attached hydrogens (tertiary/aromatic N) is 1. The van der Waals surface area contributed by atoms with Gasteiger partial charge in [0, 0.05) is 39.8 Å². The molecule has 0 amide bonds. The molecule has 0 spiro atoms. The van der Waals surface area contributed by atoms with E-state index < -0.39 is 0 Å². The van der Waals surface area contributed by atoms with Crippen LogP contribution in [0.15, 0.2) is 30.3 Å².